The number of fused-ring (bicyclic) bond motifs is 1. The highest BCUT2D eigenvalue weighted by Gasteiger charge is 2.21. The van der Waals surface area contributed by atoms with Gasteiger partial charge in [0.15, 0.2) is 0 Å². The zero-order valence-electron chi connectivity index (χ0n) is 22.2. The van der Waals surface area contributed by atoms with E-state index in [0.717, 1.165) is 11.1 Å². The molecule has 38 heavy (non-hydrogen) atoms. The molecular formula is C29H33N3O5S. The number of aromatic amines is 1. The number of hydrogen-bond donors (Lipinski definition) is 3. The third-order valence-corrected chi connectivity index (χ3v) is 7.48. The van der Waals surface area contributed by atoms with Crippen LogP contribution >= 0.6 is 0 Å². The second kappa shape index (κ2) is 10.9. The van der Waals surface area contributed by atoms with Crippen LogP contribution in [0, 0.1) is 0 Å². The van der Waals surface area contributed by atoms with Crippen molar-refractivity contribution in [2.75, 3.05) is 18.4 Å². The van der Waals surface area contributed by atoms with Gasteiger partial charge in [0.25, 0.3) is 10.0 Å². The first-order valence-electron chi connectivity index (χ1n) is 12.3. The van der Waals surface area contributed by atoms with E-state index in [4.69, 9.17) is 9.47 Å². The van der Waals surface area contributed by atoms with Gasteiger partial charge in [0.2, 0.25) is 5.88 Å². The number of hydrogen-bond acceptors (Lipinski definition) is 5. The molecule has 3 aromatic carbocycles. The molecule has 0 unspecified atom stereocenters. The molecule has 3 N–H and O–H groups in total. The van der Waals surface area contributed by atoms with Crippen molar-refractivity contribution < 1.29 is 22.7 Å². The number of nitrogens with one attached hydrogen (secondary N) is 3. The average molecular weight is 536 g/mol. The third kappa shape index (κ3) is 6.17. The van der Waals surface area contributed by atoms with Gasteiger partial charge in [-0.1, -0.05) is 63.2 Å². The smallest absolute Gasteiger partial charge is 0.393 e. The van der Waals surface area contributed by atoms with Crippen LogP contribution in [0.2, 0.25) is 0 Å². The Hall–Kier alpha value is -3.82. The van der Waals surface area contributed by atoms with Gasteiger partial charge in [0, 0.05) is 23.7 Å². The lowest BCUT2D eigenvalue weighted by Gasteiger charge is -2.19. The van der Waals surface area contributed by atoms with Crippen LogP contribution in [0.1, 0.15) is 33.3 Å². The van der Waals surface area contributed by atoms with E-state index in [0.29, 0.717) is 28.8 Å². The predicted molar refractivity (Wildman–Crippen MR) is 150 cm³/mol. The molecule has 0 saturated carbocycles. The number of benzene rings is 3. The van der Waals surface area contributed by atoms with E-state index < -0.39 is 16.1 Å². The Bertz CT molecular complexity index is 1520. The molecule has 1 atom stereocenters. The molecule has 8 nitrogen and oxygen atoms in total. The molecule has 0 fully saturated rings. The molecule has 0 spiro atoms. The summed E-state index contributed by atoms with van der Waals surface area (Å²) in [7, 11) is -2.26. The van der Waals surface area contributed by atoms with Crippen LogP contribution in [-0.4, -0.2) is 39.3 Å². The van der Waals surface area contributed by atoms with Crippen LogP contribution in [0.5, 0.6) is 5.88 Å². The Labute approximate surface area is 223 Å². The first-order chi connectivity index (χ1) is 18.0. The van der Waals surface area contributed by atoms with E-state index in [1.54, 1.807) is 37.4 Å². The molecule has 1 aromatic heterocycles. The standard InChI is InChI=1S/C29H33N3O5S/c1-19(18-36-5)30-28(33)37-27-26(20-9-7-6-8-10-20)24-17-22(13-16-25(24)31-27)32-38(34,35)23-14-11-21(12-15-23)29(2,3)4/h6-17,19,31-32H,18H2,1-5H3,(H,30,33)/t19-/m1/s1. The van der Waals surface area contributed by atoms with E-state index in [9.17, 15) is 13.2 Å². The molecule has 0 aliphatic carbocycles. The maximum absolute atomic E-state index is 13.2. The van der Waals surface area contributed by atoms with Crippen molar-refractivity contribution >= 4 is 32.7 Å². The fourth-order valence-electron chi connectivity index (χ4n) is 4.16. The summed E-state index contributed by atoms with van der Waals surface area (Å²) >= 11 is 0. The fraction of sp³-hybridized carbons (Fsp3) is 0.276. The van der Waals surface area contributed by atoms with Gasteiger partial charge in [-0.2, -0.15) is 0 Å². The molecule has 0 aliphatic rings. The van der Waals surface area contributed by atoms with Gasteiger partial charge < -0.3 is 19.8 Å². The average Bonchev–Trinajstić information content (AvgIpc) is 3.20. The summed E-state index contributed by atoms with van der Waals surface area (Å²) in [6.45, 7) is 8.38. The van der Waals surface area contributed by atoms with Gasteiger partial charge >= 0.3 is 6.09 Å². The lowest BCUT2D eigenvalue weighted by molar-refractivity contribution is 0.158. The van der Waals surface area contributed by atoms with E-state index in [1.807, 2.05) is 49.4 Å². The topological polar surface area (TPSA) is 110 Å². The highest BCUT2D eigenvalue weighted by Crippen LogP contribution is 2.39. The first kappa shape index (κ1) is 27.2. The number of ether oxygens (including phenoxy) is 2. The normalized spacial score (nSPS) is 12.8. The first-order valence-corrected chi connectivity index (χ1v) is 13.8. The van der Waals surface area contributed by atoms with Gasteiger partial charge in [-0.25, -0.2) is 13.2 Å². The van der Waals surface area contributed by atoms with Crippen molar-refractivity contribution in [2.24, 2.45) is 0 Å². The maximum Gasteiger partial charge on any atom is 0.414 e. The molecule has 1 heterocycles. The molecular weight excluding hydrogens is 502 g/mol. The van der Waals surface area contributed by atoms with Gasteiger partial charge in [-0.05, 0) is 53.8 Å². The maximum atomic E-state index is 13.2. The van der Waals surface area contributed by atoms with Gasteiger partial charge in [-0.15, -0.1) is 0 Å². The molecule has 0 aliphatic heterocycles. The van der Waals surface area contributed by atoms with Crippen molar-refractivity contribution in [1.82, 2.24) is 10.3 Å². The Morgan fingerprint density at radius 3 is 2.32 bits per heavy atom. The zero-order chi connectivity index (χ0) is 27.5. The predicted octanol–water partition coefficient (Wildman–Crippen LogP) is 6.06. The number of H-pyrrole nitrogens is 1. The van der Waals surface area contributed by atoms with Gasteiger partial charge in [0.05, 0.1) is 23.1 Å². The largest absolute Gasteiger partial charge is 0.414 e. The summed E-state index contributed by atoms with van der Waals surface area (Å²) in [5.41, 5.74) is 3.50. The third-order valence-electron chi connectivity index (χ3n) is 6.09. The summed E-state index contributed by atoms with van der Waals surface area (Å²) in [5.74, 6) is 0.256. The quantitative estimate of drug-likeness (QED) is 0.254. The Morgan fingerprint density at radius 2 is 1.68 bits per heavy atom. The van der Waals surface area contributed by atoms with Crippen LogP contribution in [0.15, 0.2) is 77.7 Å². The van der Waals surface area contributed by atoms with E-state index in [-0.39, 0.29) is 22.2 Å². The molecule has 200 valence electrons. The molecule has 4 rings (SSSR count). The van der Waals surface area contributed by atoms with Crippen LogP contribution in [0.3, 0.4) is 0 Å². The van der Waals surface area contributed by atoms with Crippen LogP contribution in [0.4, 0.5) is 10.5 Å². The lowest BCUT2D eigenvalue weighted by atomic mass is 9.87. The monoisotopic (exact) mass is 535 g/mol. The van der Waals surface area contributed by atoms with E-state index >= 15 is 0 Å². The highest BCUT2D eigenvalue weighted by atomic mass is 32.2. The fourth-order valence-corrected chi connectivity index (χ4v) is 5.21. The lowest BCUT2D eigenvalue weighted by Crippen LogP contribution is -2.37. The summed E-state index contributed by atoms with van der Waals surface area (Å²) in [6, 6.07) is 21.2. The number of amides is 1. The van der Waals surface area contributed by atoms with E-state index in [1.165, 1.54) is 0 Å². The Kier molecular flexibility index (Phi) is 7.80. The molecule has 0 radical (unpaired) electrons. The highest BCUT2D eigenvalue weighted by molar-refractivity contribution is 7.92. The van der Waals surface area contributed by atoms with Gasteiger partial charge in [0.1, 0.15) is 0 Å². The minimum Gasteiger partial charge on any atom is -0.393 e. The van der Waals surface area contributed by atoms with Crippen molar-refractivity contribution in [1.29, 1.82) is 0 Å². The zero-order valence-corrected chi connectivity index (χ0v) is 23.0. The summed E-state index contributed by atoms with van der Waals surface area (Å²) in [4.78, 5) is 15.9. The van der Waals surface area contributed by atoms with Gasteiger partial charge in [-0.3, -0.25) is 4.72 Å². The van der Waals surface area contributed by atoms with Crippen LogP contribution in [0.25, 0.3) is 22.0 Å². The number of aromatic nitrogens is 1. The SMILES string of the molecule is COC[C@@H](C)NC(=O)Oc1[nH]c2ccc(NS(=O)(=O)c3ccc(C(C)(C)C)cc3)cc2c1-c1ccccc1. The number of carbonyl (C=O) groups is 1. The second-order valence-electron chi connectivity index (χ2n) is 10.2. The van der Waals surface area contributed by atoms with Crippen molar-refractivity contribution in [3.8, 4) is 17.0 Å². The summed E-state index contributed by atoms with van der Waals surface area (Å²) < 4.78 is 39.7. The minimum absolute atomic E-state index is 0.0820. The molecule has 0 bridgehead atoms. The summed E-state index contributed by atoms with van der Waals surface area (Å²) in [5, 5.41) is 3.43. The van der Waals surface area contributed by atoms with Crippen molar-refractivity contribution in [3.63, 3.8) is 0 Å². The van der Waals surface area contributed by atoms with Crippen molar-refractivity contribution in [2.45, 2.75) is 44.0 Å². The molecule has 9 heteroatoms. The summed E-state index contributed by atoms with van der Waals surface area (Å²) in [6.07, 6.45) is -0.627. The number of anilines is 1. The number of carbonyl (C=O) groups excluding carboxylic acids is 1. The van der Waals surface area contributed by atoms with Crippen LogP contribution < -0.4 is 14.8 Å². The Morgan fingerprint density at radius 1 is 1.00 bits per heavy atom. The molecule has 4 aromatic rings. The van der Waals surface area contributed by atoms with E-state index in [2.05, 4.69) is 35.8 Å². The van der Waals surface area contributed by atoms with Crippen molar-refractivity contribution in [3.05, 3.63) is 78.4 Å². The number of sulfonamides is 1. The number of methoxy groups -OCH3 is 1. The number of rotatable bonds is 8. The Balaban J connectivity index is 1.68. The molecule has 1 amide bonds. The minimum atomic E-state index is -3.82. The second-order valence-corrected chi connectivity index (χ2v) is 11.9. The van der Waals surface area contributed by atoms with Crippen LogP contribution in [-0.2, 0) is 20.2 Å². The molecule has 0 saturated heterocycles.